The van der Waals surface area contributed by atoms with E-state index in [-0.39, 0.29) is 19.2 Å². The van der Waals surface area contributed by atoms with Crippen LogP contribution in [0, 0.1) is 5.41 Å². The molecule has 3 heteroatoms. The molecule has 0 unspecified atom stereocenters. The van der Waals surface area contributed by atoms with Gasteiger partial charge in [-0.15, -0.1) is 0 Å². The van der Waals surface area contributed by atoms with Gasteiger partial charge in [-0.1, -0.05) is 28.2 Å². The molecule has 0 aromatic carbocycles. The second-order valence-corrected chi connectivity index (χ2v) is 4.13. The van der Waals surface area contributed by atoms with Gasteiger partial charge in [0.05, 0.1) is 0 Å². The maximum absolute atomic E-state index is 11.5. The molecule has 3 nitrogen and oxygen atoms in total. The zero-order valence-corrected chi connectivity index (χ0v) is 7.72. The Morgan fingerprint density at radius 1 is 1.46 bits per heavy atom. The van der Waals surface area contributed by atoms with Crippen molar-refractivity contribution in [3.63, 3.8) is 0 Å². The number of carbonyl (C=O) groups is 2. The molecule has 1 atom stereocenters. The number of hydrogen-bond acceptors (Lipinski definition) is 3. The second kappa shape index (κ2) is 3.90. The largest absolute Gasteiger partial charge is 0.454 e. The smallest absolute Gasteiger partial charge is 0.306 e. The van der Waals surface area contributed by atoms with Crippen LogP contribution in [0.3, 0.4) is 0 Å². The van der Waals surface area contributed by atoms with Gasteiger partial charge in [0.1, 0.15) is 0 Å². The van der Waals surface area contributed by atoms with Crippen LogP contribution in [-0.4, -0.2) is 17.9 Å². The molecule has 0 spiro atoms. The summed E-state index contributed by atoms with van der Waals surface area (Å²) >= 11 is 0. The lowest BCUT2D eigenvalue weighted by atomic mass is 9.87. The predicted molar refractivity (Wildman–Crippen MR) is 50.3 cm³/mol. The first-order chi connectivity index (χ1) is 5.41. The van der Waals surface area contributed by atoms with Crippen LogP contribution >= 0.6 is 0 Å². The minimum Gasteiger partial charge on any atom is -0.454 e. The number of ether oxygens (including phenoxy) is 1. The van der Waals surface area contributed by atoms with Gasteiger partial charge in [0.25, 0.3) is 0 Å². The van der Waals surface area contributed by atoms with Crippen molar-refractivity contribution in [2.24, 2.45) is 5.41 Å². The van der Waals surface area contributed by atoms with E-state index in [1.165, 1.54) is 0 Å². The highest BCUT2D eigenvalue weighted by Gasteiger charge is 2.35. The maximum atomic E-state index is 11.5. The van der Waals surface area contributed by atoms with Crippen molar-refractivity contribution in [2.75, 3.05) is 0 Å². The molecule has 0 saturated carbocycles. The van der Waals surface area contributed by atoms with Crippen LogP contribution in [-0.2, 0) is 14.3 Å². The Labute approximate surface area is 79.5 Å². The lowest BCUT2D eigenvalue weighted by Gasteiger charge is -2.19. The summed E-state index contributed by atoms with van der Waals surface area (Å²) in [4.78, 5) is 22.2. The van der Waals surface area contributed by atoms with Crippen LogP contribution < -0.4 is 0 Å². The molecule has 0 bridgehead atoms. The summed E-state index contributed by atoms with van der Waals surface area (Å²) in [5.74, 6) is -0.231. The Kier molecular flexibility index (Phi) is 3.64. The fourth-order valence-electron chi connectivity index (χ4n) is 1.19. The molecule has 0 aromatic rings. The van der Waals surface area contributed by atoms with E-state index in [2.05, 4.69) is 0 Å². The fourth-order valence-corrected chi connectivity index (χ4v) is 1.19. The first kappa shape index (κ1) is 12.1. The fraction of sp³-hybridized carbons (Fsp3) is 0.800. The molecule has 0 aliphatic carbocycles. The van der Waals surface area contributed by atoms with Gasteiger partial charge in [0, 0.05) is 18.3 Å². The minimum atomic E-state index is -0.488. The predicted octanol–water partition coefficient (Wildman–Crippen LogP) is 1.94. The number of rotatable bonds is 1. The zero-order valence-electron chi connectivity index (χ0n) is 7.72. The number of hydrogen-bond donors (Lipinski definition) is 0. The van der Waals surface area contributed by atoms with E-state index >= 15 is 0 Å². The third-order valence-corrected chi connectivity index (χ3v) is 1.92. The average molecular weight is 186 g/mol. The van der Waals surface area contributed by atoms with Gasteiger partial charge >= 0.3 is 5.97 Å². The van der Waals surface area contributed by atoms with Gasteiger partial charge < -0.3 is 4.74 Å². The van der Waals surface area contributed by atoms with Gasteiger partial charge in [-0.3, -0.25) is 9.59 Å². The molecule has 1 heterocycles. The lowest BCUT2D eigenvalue weighted by molar-refractivity contribution is -0.150. The number of Topliss-reactive ketones (excluding diaryl/α,β-unsaturated/α-hetero) is 1. The molecule has 0 radical (unpaired) electrons. The van der Waals surface area contributed by atoms with Crippen LogP contribution in [0.1, 0.15) is 41.0 Å². The Morgan fingerprint density at radius 3 is 2.31 bits per heavy atom. The molecular weight excluding hydrogens is 168 g/mol. The zero-order chi connectivity index (χ0) is 9.35. The van der Waals surface area contributed by atoms with E-state index < -0.39 is 11.5 Å². The highest BCUT2D eigenvalue weighted by atomic mass is 16.6. The monoisotopic (exact) mass is 186 g/mol. The Bertz CT molecular complexity index is 213. The van der Waals surface area contributed by atoms with Gasteiger partial charge in [0.15, 0.2) is 11.9 Å². The standard InChI is InChI=1S/C9H14O3.CH4/c1-9(2,3)8(11)6-4-5-7(10)12-6;/h6H,4-5H2,1-3H3;1H4/t6-;/m1./s1. The molecule has 0 N–H and O–H groups in total. The molecule has 13 heavy (non-hydrogen) atoms. The van der Waals surface area contributed by atoms with Crippen LogP contribution in [0.4, 0.5) is 0 Å². The molecular formula is C10H18O3. The molecule has 1 rings (SSSR count). The van der Waals surface area contributed by atoms with Crippen molar-refractivity contribution in [2.45, 2.75) is 47.1 Å². The van der Waals surface area contributed by atoms with Crippen molar-refractivity contribution in [1.29, 1.82) is 0 Å². The average Bonchev–Trinajstić information content (AvgIpc) is 2.32. The van der Waals surface area contributed by atoms with Gasteiger partial charge in [-0.25, -0.2) is 0 Å². The summed E-state index contributed by atoms with van der Waals surface area (Å²) < 4.78 is 4.86. The Balaban J connectivity index is 0.00000144. The van der Waals surface area contributed by atoms with E-state index in [0.29, 0.717) is 12.8 Å². The third kappa shape index (κ3) is 2.83. The summed E-state index contributed by atoms with van der Waals surface area (Å²) in [6.07, 6.45) is 0.444. The summed E-state index contributed by atoms with van der Waals surface area (Å²) in [7, 11) is 0. The highest BCUT2D eigenvalue weighted by Crippen LogP contribution is 2.24. The Morgan fingerprint density at radius 2 is 2.00 bits per heavy atom. The topological polar surface area (TPSA) is 43.4 Å². The quantitative estimate of drug-likeness (QED) is 0.588. The molecule has 0 aromatic heterocycles. The SMILES string of the molecule is C.CC(C)(C)C(=O)[C@H]1CCC(=O)O1. The van der Waals surface area contributed by atoms with E-state index in [4.69, 9.17) is 4.74 Å². The van der Waals surface area contributed by atoms with Crippen LogP contribution in [0.25, 0.3) is 0 Å². The van der Waals surface area contributed by atoms with E-state index in [0.717, 1.165) is 0 Å². The van der Waals surface area contributed by atoms with Gasteiger partial charge in [-0.2, -0.15) is 0 Å². The summed E-state index contributed by atoms with van der Waals surface area (Å²) in [5.41, 5.74) is -0.407. The molecule has 76 valence electrons. The van der Waals surface area contributed by atoms with Crippen molar-refractivity contribution in [3.8, 4) is 0 Å². The van der Waals surface area contributed by atoms with Crippen molar-refractivity contribution in [1.82, 2.24) is 0 Å². The summed E-state index contributed by atoms with van der Waals surface area (Å²) in [6.45, 7) is 5.50. The number of esters is 1. The van der Waals surface area contributed by atoms with E-state index in [1.807, 2.05) is 20.8 Å². The molecule has 1 saturated heterocycles. The van der Waals surface area contributed by atoms with Crippen LogP contribution in [0.15, 0.2) is 0 Å². The molecule has 1 aliphatic rings. The Hall–Kier alpha value is -0.860. The number of ketones is 1. The molecule has 1 aliphatic heterocycles. The van der Waals surface area contributed by atoms with E-state index in [1.54, 1.807) is 0 Å². The van der Waals surface area contributed by atoms with Crippen molar-refractivity contribution >= 4 is 11.8 Å². The first-order valence-electron chi connectivity index (χ1n) is 4.15. The molecule has 0 amide bonds. The maximum Gasteiger partial charge on any atom is 0.306 e. The first-order valence-corrected chi connectivity index (χ1v) is 4.15. The number of carbonyl (C=O) groups excluding carboxylic acids is 2. The van der Waals surface area contributed by atoms with Crippen LogP contribution in [0.2, 0.25) is 0 Å². The summed E-state index contributed by atoms with van der Waals surface area (Å²) in [6, 6.07) is 0. The summed E-state index contributed by atoms with van der Waals surface area (Å²) in [5, 5.41) is 0. The second-order valence-electron chi connectivity index (χ2n) is 4.13. The minimum absolute atomic E-state index is 0. The van der Waals surface area contributed by atoms with Gasteiger partial charge in [0.2, 0.25) is 0 Å². The van der Waals surface area contributed by atoms with Gasteiger partial charge in [-0.05, 0) is 0 Å². The third-order valence-electron chi connectivity index (χ3n) is 1.92. The lowest BCUT2D eigenvalue weighted by Crippen LogP contribution is -2.32. The molecule has 1 fully saturated rings. The van der Waals surface area contributed by atoms with Crippen molar-refractivity contribution in [3.05, 3.63) is 0 Å². The highest BCUT2D eigenvalue weighted by molar-refractivity contribution is 5.91. The number of cyclic esters (lactones) is 1. The normalized spacial score (nSPS) is 22.1. The van der Waals surface area contributed by atoms with Crippen molar-refractivity contribution < 1.29 is 14.3 Å². The van der Waals surface area contributed by atoms with Crippen LogP contribution in [0.5, 0.6) is 0 Å². The van der Waals surface area contributed by atoms with E-state index in [9.17, 15) is 9.59 Å².